The summed E-state index contributed by atoms with van der Waals surface area (Å²) in [5, 5.41) is 12.6. The van der Waals surface area contributed by atoms with E-state index in [-0.39, 0.29) is 6.54 Å². The first-order valence-corrected chi connectivity index (χ1v) is 6.54. The van der Waals surface area contributed by atoms with E-state index in [1.807, 2.05) is 37.3 Å². The number of carbonyl (C=O) groups is 1. The predicted octanol–water partition coefficient (Wildman–Crippen LogP) is 2.56. The van der Waals surface area contributed by atoms with E-state index in [9.17, 15) is 10.0 Å². The summed E-state index contributed by atoms with van der Waals surface area (Å²) in [6.07, 6.45) is 0.572. The number of aromatic amines is 1. The van der Waals surface area contributed by atoms with Gasteiger partial charge in [-0.3, -0.25) is 5.21 Å². The molecule has 0 spiro atoms. The van der Waals surface area contributed by atoms with Gasteiger partial charge in [-0.15, -0.1) is 0 Å². The number of amides is 2. The van der Waals surface area contributed by atoms with Gasteiger partial charge in [0.2, 0.25) is 0 Å². The SMILES string of the molecule is CNC(=O)N(O)CCc1[nH]c(-c2ccccc2)cc1C. The van der Waals surface area contributed by atoms with E-state index in [2.05, 4.69) is 16.4 Å². The molecule has 2 aromatic rings. The van der Waals surface area contributed by atoms with Crippen molar-refractivity contribution in [2.45, 2.75) is 13.3 Å². The van der Waals surface area contributed by atoms with Gasteiger partial charge in [-0.05, 0) is 24.1 Å². The highest BCUT2D eigenvalue weighted by atomic mass is 16.5. The van der Waals surface area contributed by atoms with Gasteiger partial charge in [-0.2, -0.15) is 0 Å². The molecule has 0 bridgehead atoms. The topological polar surface area (TPSA) is 68.4 Å². The Morgan fingerprint density at radius 2 is 2.05 bits per heavy atom. The highest BCUT2D eigenvalue weighted by molar-refractivity contribution is 5.72. The van der Waals surface area contributed by atoms with E-state index in [0.29, 0.717) is 11.5 Å². The van der Waals surface area contributed by atoms with Crippen LogP contribution >= 0.6 is 0 Å². The number of hydrogen-bond acceptors (Lipinski definition) is 2. The lowest BCUT2D eigenvalue weighted by atomic mass is 10.1. The van der Waals surface area contributed by atoms with E-state index >= 15 is 0 Å². The molecule has 0 radical (unpaired) electrons. The maximum atomic E-state index is 11.2. The molecular weight excluding hydrogens is 254 g/mol. The van der Waals surface area contributed by atoms with Crippen LogP contribution in [0.25, 0.3) is 11.3 Å². The maximum absolute atomic E-state index is 11.2. The van der Waals surface area contributed by atoms with Crippen LogP contribution in [0.3, 0.4) is 0 Å². The van der Waals surface area contributed by atoms with E-state index in [4.69, 9.17) is 0 Å². The number of nitrogens with zero attached hydrogens (tertiary/aromatic N) is 1. The molecule has 3 N–H and O–H groups in total. The second-order valence-electron chi connectivity index (χ2n) is 4.64. The monoisotopic (exact) mass is 273 g/mol. The number of hydrogen-bond donors (Lipinski definition) is 3. The summed E-state index contributed by atoms with van der Waals surface area (Å²) in [7, 11) is 1.49. The number of aromatic nitrogens is 1. The number of nitrogens with one attached hydrogen (secondary N) is 2. The molecule has 0 aliphatic heterocycles. The van der Waals surface area contributed by atoms with Crippen LogP contribution in [0.2, 0.25) is 0 Å². The molecule has 0 saturated heterocycles. The minimum absolute atomic E-state index is 0.245. The molecule has 2 rings (SSSR count). The second-order valence-corrected chi connectivity index (χ2v) is 4.64. The Morgan fingerprint density at radius 1 is 1.35 bits per heavy atom. The van der Waals surface area contributed by atoms with Crippen LogP contribution in [0.1, 0.15) is 11.3 Å². The highest BCUT2D eigenvalue weighted by Gasteiger charge is 2.11. The number of carbonyl (C=O) groups excluding carboxylic acids is 1. The van der Waals surface area contributed by atoms with Crippen molar-refractivity contribution in [2.24, 2.45) is 0 Å². The summed E-state index contributed by atoms with van der Waals surface area (Å²) >= 11 is 0. The van der Waals surface area contributed by atoms with Crippen LogP contribution in [0.5, 0.6) is 0 Å². The standard InChI is InChI=1S/C15H19N3O2/c1-11-10-14(12-6-4-3-5-7-12)17-13(11)8-9-18(20)15(19)16-2/h3-7,10,17,20H,8-9H2,1-2H3,(H,16,19). The summed E-state index contributed by atoms with van der Waals surface area (Å²) in [5.41, 5.74) is 4.30. The first-order chi connectivity index (χ1) is 9.61. The molecule has 0 unspecified atom stereocenters. The molecule has 5 nitrogen and oxygen atoms in total. The molecule has 0 aliphatic rings. The van der Waals surface area contributed by atoms with Crippen LogP contribution < -0.4 is 5.32 Å². The van der Waals surface area contributed by atoms with Crippen molar-refractivity contribution in [3.8, 4) is 11.3 Å². The van der Waals surface area contributed by atoms with Crippen molar-refractivity contribution in [3.63, 3.8) is 0 Å². The van der Waals surface area contributed by atoms with Gasteiger partial charge < -0.3 is 10.3 Å². The first-order valence-electron chi connectivity index (χ1n) is 6.54. The fraction of sp³-hybridized carbons (Fsp3) is 0.267. The normalized spacial score (nSPS) is 10.3. The molecular formula is C15H19N3O2. The van der Waals surface area contributed by atoms with Gasteiger partial charge in [0.15, 0.2) is 0 Å². The molecule has 0 saturated carbocycles. The largest absolute Gasteiger partial charge is 0.358 e. The molecule has 5 heteroatoms. The minimum atomic E-state index is -0.502. The fourth-order valence-corrected chi connectivity index (χ4v) is 2.08. The van der Waals surface area contributed by atoms with Gasteiger partial charge in [0, 0.05) is 24.9 Å². The Bertz CT molecular complexity index is 578. The Kier molecular flexibility index (Phi) is 4.42. The molecule has 1 aromatic heterocycles. The molecule has 20 heavy (non-hydrogen) atoms. The van der Waals surface area contributed by atoms with Crippen molar-refractivity contribution in [2.75, 3.05) is 13.6 Å². The van der Waals surface area contributed by atoms with Gasteiger partial charge in [0.1, 0.15) is 0 Å². The van der Waals surface area contributed by atoms with Crippen molar-refractivity contribution >= 4 is 6.03 Å². The summed E-state index contributed by atoms with van der Waals surface area (Å²) in [6.45, 7) is 2.26. The van der Waals surface area contributed by atoms with Gasteiger partial charge in [0.25, 0.3) is 0 Å². The molecule has 106 valence electrons. The molecule has 0 aliphatic carbocycles. The van der Waals surface area contributed by atoms with Crippen molar-refractivity contribution in [1.82, 2.24) is 15.4 Å². The van der Waals surface area contributed by atoms with Gasteiger partial charge in [0.05, 0.1) is 6.54 Å². The number of benzene rings is 1. The zero-order valence-corrected chi connectivity index (χ0v) is 11.7. The Labute approximate surface area is 118 Å². The molecule has 1 heterocycles. The lowest BCUT2D eigenvalue weighted by molar-refractivity contribution is -0.0414. The van der Waals surface area contributed by atoms with Crippen LogP contribution in [0, 0.1) is 6.92 Å². The predicted molar refractivity (Wildman–Crippen MR) is 77.6 cm³/mol. The van der Waals surface area contributed by atoms with E-state index in [1.165, 1.54) is 7.05 Å². The number of aryl methyl sites for hydroxylation is 1. The molecule has 0 atom stereocenters. The smallest absolute Gasteiger partial charge is 0.340 e. The first kappa shape index (κ1) is 14.1. The number of H-pyrrole nitrogens is 1. The Morgan fingerprint density at radius 3 is 2.70 bits per heavy atom. The lowest BCUT2D eigenvalue weighted by Crippen LogP contribution is -2.36. The third kappa shape index (κ3) is 3.19. The zero-order valence-electron chi connectivity index (χ0n) is 11.7. The van der Waals surface area contributed by atoms with Crippen LogP contribution in [-0.2, 0) is 6.42 Å². The number of hydroxylamine groups is 2. The lowest BCUT2D eigenvalue weighted by Gasteiger charge is -2.13. The summed E-state index contributed by atoms with van der Waals surface area (Å²) in [5.74, 6) is 0. The summed E-state index contributed by atoms with van der Waals surface area (Å²) in [6, 6.07) is 11.6. The Hall–Kier alpha value is -2.27. The highest BCUT2D eigenvalue weighted by Crippen LogP contribution is 2.21. The van der Waals surface area contributed by atoms with Gasteiger partial charge >= 0.3 is 6.03 Å². The van der Waals surface area contributed by atoms with Gasteiger partial charge in [-0.1, -0.05) is 30.3 Å². The third-order valence-corrected chi connectivity index (χ3v) is 3.23. The molecule has 1 aromatic carbocycles. The zero-order chi connectivity index (χ0) is 14.5. The average molecular weight is 273 g/mol. The van der Waals surface area contributed by atoms with Crippen molar-refractivity contribution in [1.29, 1.82) is 0 Å². The van der Waals surface area contributed by atoms with Gasteiger partial charge in [-0.25, -0.2) is 9.86 Å². The third-order valence-electron chi connectivity index (χ3n) is 3.23. The van der Waals surface area contributed by atoms with E-state index in [0.717, 1.165) is 22.5 Å². The average Bonchev–Trinajstić information content (AvgIpc) is 2.86. The summed E-state index contributed by atoms with van der Waals surface area (Å²) in [4.78, 5) is 14.5. The molecule has 2 amide bonds. The Balaban J connectivity index is 2.07. The summed E-state index contributed by atoms with van der Waals surface area (Å²) < 4.78 is 0. The van der Waals surface area contributed by atoms with E-state index < -0.39 is 6.03 Å². The van der Waals surface area contributed by atoms with Crippen LogP contribution in [0.15, 0.2) is 36.4 Å². The maximum Gasteiger partial charge on any atom is 0.340 e. The quantitative estimate of drug-likeness (QED) is 0.592. The van der Waals surface area contributed by atoms with Crippen molar-refractivity contribution in [3.05, 3.63) is 47.7 Å². The minimum Gasteiger partial charge on any atom is -0.358 e. The molecule has 0 fully saturated rings. The van der Waals surface area contributed by atoms with Crippen molar-refractivity contribution < 1.29 is 10.0 Å². The fourth-order valence-electron chi connectivity index (χ4n) is 2.08. The second kappa shape index (κ2) is 6.25. The van der Waals surface area contributed by atoms with Crippen LogP contribution in [0.4, 0.5) is 4.79 Å². The number of rotatable bonds is 4. The van der Waals surface area contributed by atoms with E-state index in [1.54, 1.807) is 0 Å². The number of urea groups is 1. The van der Waals surface area contributed by atoms with Crippen LogP contribution in [-0.4, -0.2) is 34.9 Å².